The van der Waals surface area contributed by atoms with Gasteiger partial charge in [0.15, 0.2) is 5.16 Å². The van der Waals surface area contributed by atoms with E-state index in [4.69, 9.17) is 0 Å². The molecule has 0 spiro atoms. The zero-order valence-electron chi connectivity index (χ0n) is 13.1. The van der Waals surface area contributed by atoms with Gasteiger partial charge in [0, 0.05) is 24.1 Å². The van der Waals surface area contributed by atoms with E-state index in [0.29, 0.717) is 0 Å². The molecule has 0 atom stereocenters. The smallest absolute Gasteiger partial charge is 0.187 e. The first-order valence-electron chi connectivity index (χ1n) is 7.93. The molecule has 1 aromatic heterocycles. The number of rotatable bonds is 7. The highest BCUT2D eigenvalue weighted by atomic mass is 32.2. The predicted octanol–water partition coefficient (Wildman–Crippen LogP) is 4.79. The van der Waals surface area contributed by atoms with Crippen molar-refractivity contribution in [3.05, 3.63) is 89.7 Å². The molecule has 0 amide bonds. The van der Waals surface area contributed by atoms with Crippen LogP contribution in [0.15, 0.2) is 78.1 Å². The summed E-state index contributed by atoms with van der Waals surface area (Å²) < 4.78 is 0. The molecule has 0 radical (unpaired) electrons. The van der Waals surface area contributed by atoms with Crippen molar-refractivity contribution in [1.29, 1.82) is 0 Å². The Bertz CT molecular complexity index is 714. The van der Waals surface area contributed by atoms with Gasteiger partial charge in [-0.15, -0.1) is 0 Å². The van der Waals surface area contributed by atoms with E-state index < -0.39 is 0 Å². The average Bonchev–Trinajstić information content (AvgIpc) is 2.61. The van der Waals surface area contributed by atoms with E-state index in [9.17, 15) is 0 Å². The van der Waals surface area contributed by atoms with Gasteiger partial charge in [0.05, 0.1) is 0 Å². The summed E-state index contributed by atoms with van der Waals surface area (Å²) in [4.78, 5) is 9.04. The normalized spacial score (nSPS) is 10.6. The van der Waals surface area contributed by atoms with Crippen LogP contribution in [-0.2, 0) is 12.8 Å². The molecule has 116 valence electrons. The van der Waals surface area contributed by atoms with Gasteiger partial charge >= 0.3 is 0 Å². The first-order chi connectivity index (χ1) is 11.4. The fourth-order valence-corrected chi connectivity index (χ4v) is 3.22. The fraction of sp³-hybridized carbons (Fsp3) is 0.200. The largest absolute Gasteiger partial charge is 0.231 e. The molecular weight excluding hydrogens is 300 g/mol. The van der Waals surface area contributed by atoms with Crippen molar-refractivity contribution < 1.29 is 0 Å². The molecule has 0 N–H and O–H groups in total. The highest BCUT2D eigenvalue weighted by molar-refractivity contribution is 7.99. The van der Waals surface area contributed by atoms with Crippen molar-refractivity contribution in [2.75, 3.05) is 5.75 Å². The Kier molecular flexibility index (Phi) is 5.81. The Morgan fingerprint density at radius 2 is 1.48 bits per heavy atom. The lowest BCUT2D eigenvalue weighted by Gasteiger charge is -2.04. The Labute approximate surface area is 142 Å². The summed E-state index contributed by atoms with van der Waals surface area (Å²) in [6.07, 6.45) is 4.98. The number of thioether (sulfide) groups is 1. The van der Waals surface area contributed by atoms with E-state index in [0.717, 1.165) is 35.9 Å². The van der Waals surface area contributed by atoms with Crippen LogP contribution >= 0.6 is 11.8 Å². The molecule has 3 aromatic rings. The van der Waals surface area contributed by atoms with Crippen LogP contribution in [0.5, 0.6) is 0 Å². The van der Waals surface area contributed by atoms with Crippen molar-refractivity contribution in [1.82, 2.24) is 9.97 Å². The Balaban J connectivity index is 1.49. The first-order valence-corrected chi connectivity index (χ1v) is 8.91. The second kappa shape index (κ2) is 8.49. The number of hydrogen-bond acceptors (Lipinski definition) is 3. The zero-order valence-corrected chi connectivity index (χ0v) is 13.9. The minimum absolute atomic E-state index is 0.862. The summed E-state index contributed by atoms with van der Waals surface area (Å²) in [6.45, 7) is 0. The summed E-state index contributed by atoms with van der Waals surface area (Å²) in [6, 6.07) is 23.1. The monoisotopic (exact) mass is 320 g/mol. The van der Waals surface area contributed by atoms with Crippen molar-refractivity contribution >= 4 is 11.8 Å². The van der Waals surface area contributed by atoms with Crippen LogP contribution in [-0.4, -0.2) is 15.7 Å². The molecule has 0 aliphatic heterocycles. The average molecular weight is 320 g/mol. The molecule has 0 fully saturated rings. The second-order valence-corrected chi connectivity index (χ2v) is 6.49. The second-order valence-electron chi connectivity index (χ2n) is 5.43. The van der Waals surface area contributed by atoms with E-state index >= 15 is 0 Å². The first kappa shape index (κ1) is 15.8. The van der Waals surface area contributed by atoms with Gasteiger partial charge in [0.2, 0.25) is 0 Å². The Hall–Kier alpha value is -2.13. The number of aryl methyl sites for hydroxylation is 1. The van der Waals surface area contributed by atoms with E-state index in [1.165, 1.54) is 11.1 Å². The molecule has 2 aromatic carbocycles. The zero-order chi connectivity index (χ0) is 15.7. The molecule has 0 aliphatic carbocycles. The van der Waals surface area contributed by atoms with Crippen LogP contribution in [0.3, 0.4) is 0 Å². The minimum Gasteiger partial charge on any atom is -0.231 e. The lowest BCUT2D eigenvalue weighted by atomic mass is 10.1. The van der Waals surface area contributed by atoms with Crippen molar-refractivity contribution in [2.45, 2.75) is 24.4 Å². The molecular formula is C20H20N2S. The highest BCUT2D eigenvalue weighted by Crippen LogP contribution is 2.16. The number of hydrogen-bond donors (Lipinski definition) is 0. The third kappa shape index (κ3) is 5.22. The van der Waals surface area contributed by atoms with Crippen LogP contribution in [0.4, 0.5) is 0 Å². The molecule has 0 bridgehead atoms. The van der Waals surface area contributed by atoms with Gasteiger partial charge in [-0.05, 0) is 30.0 Å². The van der Waals surface area contributed by atoms with E-state index in [1.807, 2.05) is 18.3 Å². The van der Waals surface area contributed by atoms with Crippen LogP contribution < -0.4 is 0 Å². The number of aromatic nitrogens is 2. The lowest BCUT2D eigenvalue weighted by molar-refractivity contribution is 0.890. The Morgan fingerprint density at radius 3 is 2.22 bits per heavy atom. The Morgan fingerprint density at radius 1 is 0.783 bits per heavy atom. The maximum Gasteiger partial charge on any atom is 0.187 e. The van der Waals surface area contributed by atoms with Gasteiger partial charge in [0.25, 0.3) is 0 Å². The van der Waals surface area contributed by atoms with Gasteiger partial charge in [-0.2, -0.15) is 0 Å². The van der Waals surface area contributed by atoms with E-state index in [2.05, 4.69) is 64.6 Å². The van der Waals surface area contributed by atoms with Crippen molar-refractivity contribution in [2.24, 2.45) is 0 Å². The van der Waals surface area contributed by atoms with E-state index in [-0.39, 0.29) is 0 Å². The van der Waals surface area contributed by atoms with Crippen LogP contribution in [0.1, 0.15) is 23.2 Å². The van der Waals surface area contributed by atoms with Gasteiger partial charge in [-0.1, -0.05) is 72.4 Å². The van der Waals surface area contributed by atoms with Crippen LogP contribution in [0, 0.1) is 0 Å². The lowest BCUT2D eigenvalue weighted by Crippen LogP contribution is -1.96. The third-order valence-electron chi connectivity index (χ3n) is 3.60. The van der Waals surface area contributed by atoms with Gasteiger partial charge in [0.1, 0.15) is 0 Å². The van der Waals surface area contributed by atoms with Gasteiger partial charge in [-0.25, -0.2) is 9.97 Å². The third-order valence-corrected chi connectivity index (χ3v) is 4.55. The molecule has 0 unspecified atom stereocenters. The molecule has 1 heterocycles. The minimum atomic E-state index is 0.862. The molecule has 3 heteroatoms. The quantitative estimate of drug-likeness (QED) is 0.355. The SMILES string of the molecule is c1ccc(CCCSc2nccc(Cc3ccccc3)n2)cc1. The maximum absolute atomic E-state index is 4.66. The van der Waals surface area contributed by atoms with Crippen molar-refractivity contribution in [3.63, 3.8) is 0 Å². The van der Waals surface area contributed by atoms with Crippen LogP contribution in [0.25, 0.3) is 0 Å². The van der Waals surface area contributed by atoms with E-state index in [1.54, 1.807) is 11.8 Å². The number of benzene rings is 2. The summed E-state index contributed by atoms with van der Waals surface area (Å²) in [7, 11) is 0. The summed E-state index contributed by atoms with van der Waals surface area (Å²) in [5.41, 5.74) is 3.76. The molecule has 2 nitrogen and oxygen atoms in total. The summed E-state index contributed by atoms with van der Waals surface area (Å²) >= 11 is 1.74. The highest BCUT2D eigenvalue weighted by Gasteiger charge is 2.02. The van der Waals surface area contributed by atoms with Gasteiger partial charge < -0.3 is 0 Å². The topological polar surface area (TPSA) is 25.8 Å². The summed E-state index contributed by atoms with van der Waals surface area (Å²) in [5.74, 6) is 1.05. The van der Waals surface area contributed by atoms with Gasteiger partial charge in [-0.3, -0.25) is 0 Å². The standard InChI is InChI=1S/C20H20N2S/c1-3-8-17(9-4-1)12-7-15-23-20-21-14-13-19(22-20)16-18-10-5-2-6-11-18/h1-6,8-11,13-14H,7,12,15-16H2. The molecule has 3 rings (SSSR count). The number of nitrogens with zero attached hydrogens (tertiary/aromatic N) is 2. The molecule has 23 heavy (non-hydrogen) atoms. The molecule has 0 saturated carbocycles. The molecule has 0 saturated heterocycles. The fourth-order valence-electron chi connectivity index (χ4n) is 2.43. The maximum atomic E-state index is 4.66. The summed E-state index contributed by atoms with van der Waals surface area (Å²) in [5, 5.41) is 0.881. The molecule has 0 aliphatic rings. The van der Waals surface area contributed by atoms with Crippen LogP contribution in [0.2, 0.25) is 0 Å². The predicted molar refractivity (Wildman–Crippen MR) is 96.8 cm³/mol. The van der Waals surface area contributed by atoms with Crippen molar-refractivity contribution in [3.8, 4) is 0 Å².